The Hall–Kier alpha value is -2.01. The van der Waals surface area contributed by atoms with Gasteiger partial charge in [0, 0.05) is 30.4 Å². The normalized spacial score (nSPS) is 18.2. The Morgan fingerprint density at radius 3 is 2.36 bits per heavy atom. The van der Waals surface area contributed by atoms with Crippen LogP contribution in [0.25, 0.3) is 0 Å². The molecule has 0 spiro atoms. The Balaban J connectivity index is 1.97. The molecule has 2 aromatic carbocycles. The van der Waals surface area contributed by atoms with Crippen LogP contribution in [0.4, 0.5) is 24.5 Å². The van der Waals surface area contributed by atoms with Crippen LogP contribution in [0, 0.1) is 5.92 Å². The first-order valence-corrected chi connectivity index (χ1v) is 7.12. The topological polar surface area (TPSA) is 23.5 Å². The second-order valence-electron chi connectivity index (χ2n) is 5.54. The van der Waals surface area contributed by atoms with Crippen molar-refractivity contribution in [1.29, 1.82) is 0 Å². The number of halogens is 3. The number of fused-ring (bicyclic) bond motifs is 1. The lowest BCUT2D eigenvalue weighted by Crippen LogP contribution is -2.33. The molecule has 22 heavy (non-hydrogen) atoms. The number of rotatable bonds is 2. The zero-order valence-corrected chi connectivity index (χ0v) is 11.8. The Morgan fingerprint density at radius 2 is 1.73 bits per heavy atom. The second kappa shape index (κ2) is 5.65. The van der Waals surface area contributed by atoms with E-state index in [2.05, 4.69) is 0 Å². The van der Waals surface area contributed by atoms with Gasteiger partial charge in [0.15, 0.2) is 0 Å². The highest BCUT2D eigenvalue weighted by atomic mass is 19.4. The summed E-state index contributed by atoms with van der Waals surface area (Å²) in [6.45, 7) is 0.657. The molecule has 1 aliphatic rings. The molecule has 1 aliphatic heterocycles. The largest absolute Gasteiger partial charge is 0.416 e. The molecule has 2 nitrogen and oxygen atoms in total. The molecule has 5 heteroatoms. The minimum Gasteiger partial charge on any atom is -0.396 e. The van der Waals surface area contributed by atoms with Crippen molar-refractivity contribution in [1.82, 2.24) is 0 Å². The maximum atomic E-state index is 12.7. The fourth-order valence-electron chi connectivity index (χ4n) is 2.88. The fourth-order valence-corrected chi connectivity index (χ4v) is 2.88. The van der Waals surface area contributed by atoms with E-state index in [1.54, 1.807) is 0 Å². The number of nitrogens with zero attached hydrogens (tertiary/aromatic N) is 1. The molecule has 1 unspecified atom stereocenters. The average molecular weight is 307 g/mol. The minimum absolute atomic E-state index is 0.0610. The smallest absolute Gasteiger partial charge is 0.396 e. The molecule has 0 saturated carbocycles. The summed E-state index contributed by atoms with van der Waals surface area (Å²) in [6.07, 6.45) is -3.55. The predicted molar refractivity (Wildman–Crippen MR) is 79.2 cm³/mol. The van der Waals surface area contributed by atoms with E-state index < -0.39 is 11.7 Å². The molecule has 0 saturated heterocycles. The van der Waals surface area contributed by atoms with Crippen LogP contribution in [0.2, 0.25) is 0 Å². The number of benzene rings is 2. The van der Waals surface area contributed by atoms with Crippen molar-refractivity contribution >= 4 is 11.4 Å². The molecule has 0 radical (unpaired) electrons. The van der Waals surface area contributed by atoms with Crippen molar-refractivity contribution in [3.63, 3.8) is 0 Å². The third kappa shape index (κ3) is 2.81. The molecule has 0 amide bonds. The zero-order chi connectivity index (χ0) is 15.7. The van der Waals surface area contributed by atoms with Gasteiger partial charge in [-0.1, -0.05) is 18.2 Å². The first-order valence-electron chi connectivity index (χ1n) is 7.12. The first kappa shape index (κ1) is 14.9. The summed E-state index contributed by atoms with van der Waals surface area (Å²) in [5.41, 5.74) is 2.15. The van der Waals surface area contributed by atoms with Gasteiger partial charge in [-0.2, -0.15) is 13.2 Å². The lowest BCUT2D eigenvalue weighted by Gasteiger charge is -2.35. The van der Waals surface area contributed by atoms with Crippen molar-refractivity contribution < 1.29 is 18.3 Å². The van der Waals surface area contributed by atoms with Gasteiger partial charge in [0.25, 0.3) is 0 Å². The molecule has 0 fully saturated rings. The van der Waals surface area contributed by atoms with Crippen molar-refractivity contribution in [3.05, 3.63) is 59.7 Å². The summed E-state index contributed by atoms with van der Waals surface area (Å²) in [6, 6.07) is 13.0. The monoisotopic (exact) mass is 307 g/mol. The van der Waals surface area contributed by atoms with Crippen molar-refractivity contribution in [2.75, 3.05) is 18.1 Å². The SMILES string of the molecule is OCC1Cc2ccccc2N(c2ccc(C(F)(F)F)cc2)C1. The zero-order valence-electron chi connectivity index (χ0n) is 11.8. The third-order valence-electron chi connectivity index (χ3n) is 4.00. The van der Waals surface area contributed by atoms with Gasteiger partial charge in [-0.05, 0) is 42.3 Å². The Bertz CT molecular complexity index is 652. The Morgan fingerprint density at radius 1 is 1.05 bits per heavy atom. The van der Waals surface area contributed by atoms with E-state index in [9.17, 15) is 18.3 Å². The van der Waals surface area contributed by atoms with Gasteiger partial charge < -0.3 is 10.0 Å². The standard InChI is InChI=1S/C17H16F3NO/c18-17(19,20)14-5-7-15(8-6-14)21-10-12(11-22)9-13-3-1-2-4-16(13)21/h1-8,12,22H,9-11H2. The number of aliphatic hydroxyl groups is 1. The van der Waals surface area contributed by atoms with Gasteiger partial charge in [-0.3, -0.25) is 0 Å². The fraction of sp³-hybridized carbons (Fsp3) is 0.294. The second-order valence-corrected chi connectivity index (χ2v) is 5.54. The molecule has 2 aromatic rings. The number of anilines is 2. The van der Waals surface area contributed by atoms with Gasteiger partial charge in [0.2, 0.25) is 0 Å². The van der Waals surface area contributed by atoms with E-state index in [0.717, 1.165) is 29.8 Å². The van der Waals surface area contributed by atoms with Gasteiger partial charge in [0.05, 0.1) is 5.56 Å². The summed E-state index contributed by atoms with van der Waals surface area (Å²) < 4.78 is 38.0. The number of alkyl halides is 3. The molecule has 1 N–H and O–H groups in total. The van der Waals surface area contributed by atoms with Gasteiger partial charge in [0.1, 0.15) is 0 Å². The molecular formula is C17H16F3NO. The van der Waals surface area contributed by atoms with E-state index in [-0.39, 0.29) is 12.5 Å². The number of hydrogen-bond acceptors (Lipinski definition) is 2. The summed E-state index contributed by atoms with van der Waals surface area (Å²) >= 11 is 0. The summed E-state index contributed by atoms with van der Waals surface area (Å²) in [5, 5.41) is 9.46. The van der Waals surface area contributed by atoms with Crippen LogP contribution in [-0.4, -0.2) is 18.3 Å². The van der Waals surface area contributed by atoms with E-state index in [0.29, 0.717) is 12.2 Å². The highest BCUT2D eigenvalue weighted by Gasteiger charge is 2.31. The molecule has 0 aliphatic carbocycles. The number of para-hydroxylation sites is 1. The van der Waals surface area contributed by atoms with Crippen LogP contribution in [-0.2, 0) is 12.6 Å². The first-order chi connectivity index (χ1) is 10.5. The van der Waals surface area contributed by atoms with Crippen LogP contribution in [0.1, 0.15) is 11.1 Å². The highest BCUT2D eigenvalue weighted by molar-refractivity contribution is 5.68. The van der Waals surface area contributed by atoms with E-state index in [1.165, 1.54) is 12.1 Å². The number of aliphatic hydroxyl groups excluding tert-OH is 1. The van der Waals surface area contributed by atoms with Crippen LogP contribution in [0.5, 0.6) is 0 Å². The maximum Gasteiger partial charge on any atom is 0.416 e. The molecule has 0 bridgehead atoms. The molecule has 3 rings (SSSR count). The summed E-state index contributed by atoms with van der Waals surface area (Å²) in [7, 11) is 0. The summed E-state index contributed by atoms with van der Waals surface area (Å²) in [5.74, 6) is 0.0807. The van der Waals surface area contributed by atoms with Gasteiger partial charge in [-0.15, -0.1) is 0 Å². The van der Waals surface area contributed by atoms with E-state index in [4.69, 9.17) is 0 Å². The lowest BCUT2D eigenvalue weighted by molar-refractivity contribution is -0.137. The van der Waals surface area contributed by atoms with Gasteiger partial charge in [-0.25, -0.2) is 0 Å². The van der Waals surface area contributed by atoms with Crippen LogP contribution in [0.3, 0.4) is 0 Å². The molecular weight excluding hydrogens is 291 g/mol. The van der Waals surface area contributed by atoms with Crippen LogP contribution in [0.15, 0.2) is 48.5 Å². The average Bonchev–Trinajstić information content (AvgIpc) is 2.53. The third-order valence-corrected chi connectivity index (χ3v) is 4.00. The van der Waals surface area contributed by atoms with Crippen LogP contribution < -0.4 is 4.90 Å². The summed E-state index contributed by atoms with van der Waals surface area (Å²) in [4.78, 5) is 1.97. The minimum atomic E-state index is -4.33. The van der Waals surface area contributed by atoms with Crippen molar-refractivity contribution in [2.24, 2.45) is 5.92 Å². The maximum absolute atomic E-state index is 12.7. The number of hydrogen-bond donors (Lipinski definition) is 1. The molecule has 0 aromatic heterocycles. The van der Waals surface area contributed by atoms with E-state index >= 15 is 0 Å². The predicted octanol–water partition coefficient (Wildman–Crippen LogP) is 4.01. The Kier molecular flexibility index (Phi) is 3.83. The molecule has 1 heterocycles. The Labute approximate surface area is 126 Å². The highest BCUT2D eigenvalue weighted by Crippen LogP contribution is 2.37. The van der Waals surface area contributed by atoms with Crippen LogP contribution >= 0.6 is 0 Å². The lowest BCUT2D eigenvalue weighted by atomic mass is 9.92. The molecule has 1 atom stereocenters. The molecule has 116 valence electrons. The van der Waals surface area contributed by atoms with Crippen molar-refractivity contribution in [2.45, 2.75) is 12.6 Å². The van der Waals surface area contributed by atoms with Crippen molar-refractivity contribution in [3.8, 4) is 0 Å². The quantitative estimate of drug-likeness (QED) is 0.906. The van der Waals surface area contributed by atoms with Gasteiger partial charge >= 0.3 is 6.18 Å². The van der Waals surface area contributed by atoms with E-state index in [1.807, 2.05) is 29.2 Å².